The molecule has 0 spiro atoms. The first-order valence-corrected chi connectivity index (χ1v) is 14.1. The average molecular weight is 658 g/mol. The van der Waals surface area contributed by atoms with Crippen LogP contribution in [0.25, 0.3) is 6.08 Å². The number of carbonyl (C=O) groups excluding carboxylic acids is 1. The highest BCUT2D eigenvalue weighted by Gasteiger charge is 2.34. The van der Waals surface area contributed by atoms with E-state index in [1.807, 2.05) is 48.5 Å². The fraction of sp³-hybridized carbons (Fsp3) is 0.207. The van der Waals surface area contributed by atoms with Gasteiger partial charge in [0.2, 0.25) is 0 Å². The molecule has 4 rings (SSSR count). The third kappa shape index (κ3) is 6.70. The van der Waals surface area contributed by atoms with Crippen molar-refractivity contribution in [3.63, 3.8) is 0 Å². The van der Waals surface area contributed by atoms with Gasteiger partial charge >= 0.3 is 0 Å². The Morgan fingerprint density at radius 3 is 2.61 bits per heavy atom. The van der Waals surface area contributed by atoms with Crippen LogP contribution in [-0.4, -0.2) is 29.6 Å². The van der Waals surface area contributed by atoms with E-state index >= 15 is 0 Å². The van der Waals surface area contributed by atoms with Crippen LogP contribution in [0, 0.1) is 20.8 Å². The number of halogens is 2. The summed E-state index contributed by atoms with van der Waals surface area (Å²) in [5.41, 5.74) is 2.91. The molecule has 1 aliphatic rings. The van der Waals surface area contributed by atoms with Crippen LogP contribution in [0.15, 0.2) is 70.6 Å². The molecule has 0 saturated carbocycles. The van der Waals surface area contributed by atoms with Gasteiger partial charge in [-0.3, -0.25) is 9.69 Å². The van der Waals surface area contributed by atoms with Gasteiger partial charge in [0.15, 0.2) is 16.7 Å². The zero-order valence-electron chi connectivity index (χ0n) is 21.1. The summed E-state index contributed by atoms with van der Waals surface area (Å²) in [6, 6.07) is 20.5. The largest absolute Gasteiger partial charge is 0.493 e. The van der Waals surface area contributed by atoms with Crippen LogP contribution in [0.3, 0.4) is 0 Å². The number of rotatable bonds is 8. The van der Waals surface area contributed by atoms with Crippen LogP contribution >= 0.6 is 46.0 Å². The minimum Gasteiger partial charge on any atom is -0.493 e. The average Bonchev–Trinajstić information content (AvgIpc) is 3.17. The van der Waals surface area contributed by atoms with Gasteiger partial charge in [-0.2, -0.15) is 5.26 Å². The zero-order valence-corrected chi connectivity index (χ0v) is 24.8. The number of amides is 1. The van der Waals surface area contributed by atoms with E-state index in [0.29, 0.717) is 38.7 Å². The van der Waals surface area contributed by atoms with Crippen molar-refractivity contribution < 1.29 is 14.3 Å². The number of benzene rings is 3. The standard InChI is InChI=1S/C29H25ClIN3O3S/c1-18(2)16-34-28(35)26(38-29(34)33-23-10-8-22(30)9-11-23)14-19-12-24(31)27(25(13-19)36-3)37-17-21-7-5-4-6-20(21)15-32/h4-14,18H,16-17H2,1-3H3/b26-14-,33-29?. The van der Waals surface area contributed by atoms with Crippen LogP contribution in [0.2, 0.25) is 5.02 Å². The Balaban J connectivity index is 1.62. The van der Waals surface area contributed by atoms with E-state index in [4.69, 9.17) is 26.1 Å². The molecule has 1 fully saturated rings. The molecule has 0 radical (unpaired) electrons. The summed E-state index contributed by atoms with van der Waals surface area (Å²) >= 11 is 9.56. The van der Waals surface area contributed by atoms with Gasteiger partial charge < -0.3 is 9.47 Å². The number of hydrogen-bond donors (Lipinski definition) is 0. The Labute approximate surface area is 245 Å². The Morgan fingerprint density at radius 2 is 1.92 bits per heavy atom. The van der Waals surface area contributed by atoms with Crippen LogP contribution in [0.4, 0.5) is 5.69 Å². The molecule has 9 heteroatoms. The summed E-state index contributed by atoms with van der Waals surface area (Å²) in [4.78, 5) is 20.4. The highest BCUT2D eigenvalue weighted by molar-refractivity contribution is 14.1. The first-order chi connectivity index (χ1) is 18.3. The van der Waals surface area contributed by atoms with E-state index in [1.165, 1.54) is 11.8 Å². The van der Waals surface area contributed by atoms with Crippen molar-refractivity contribution in [1.29, 1.82) is 5.26 Å². The van der Waals surface area contributed by atoms with Crippen molar-refractivity contribution in [3.05, 3.63) is 90.9 Å². The van der Waals surface area contributed by atoms with Crippen LogP contribution in [0.5, 0.6) is 11.5 Å². The Hall–Kier alpha value is -3.00. The molecular weight excluding hydrogens is 633 g/mol. The summed E-state index contributed by atoms with van der Waals surface area (Å²) < 4.78 is 12.5. The molecule has 6 nitrogen and oxygen atoms in total. The predicted molar refractivity (Wildman–Crippen MR) is 162 cm³/mol. The van der Waals surface area contributed by atoms with Gasteiger partial charge in [-0.1, -0.05) is 43.6 Å². The van der Waals surface area contributed by atoms with Gasteiger partial charge in [0.1, 0.15) is 6.61 Å². The molecule has 0 atom stereocenters. The third-order valence-electron chi connectivity index (χ3n) is 5.55. The molecule has 38 heavy (non-hydrogen) atoms. The summed E-state index contributed by atoms with van der Waals surface area (Å²) in [7, 11) is 1.58. The molecule has 1 heterocycles. The normalized spacial score (nSPS) is 15.4. The number of nitriles is 1. The smallest absolute Gasteiger partial charge is 0.266 e. The number of amidine groups is 1. The van der Waals surface area contributed by atoms with Gasteiger partial charge in [-0.25, -0.2) is 4.99 Å². The van der Waals surface area contributed by atoms with Crippen molar-refractivity contribution in [2.75, 3.05) is 13.7 Å². The summed E-state index contributed by atoms with van der Waals surface area (Å²) in [5.74, 6) is 1.32. The van der Waals surface area contributed by atoms with Crippen LogP contribution in [0.1, 0.15) is 30.5 Å². The second kappa shape index (κ2) is 12.7. The van der Waals surface area contributed by atoms with Gasteiger partial charge in [0, 0.05) is 17.1 Å². The number of methoxy groups -OCH3 is 1. The lowest BCUT2D eigenvalue weighted by Gasteiger charge is -2.17. The highest BCUT2D eigenvalue weighted by atomic mass is 127. The Bertz CT molecular complexity index is 1450. The van der Waals surface area contributed by atoms with E-state index in [9.17, 15) is 10.1 Å². The number of nitrogens with zero attached hydrogens (tertiary/aromatic N) is 3. The second-order valence-electron chi connectivity index (χ2n) is 8.88. The maximum absolute atomic E-state index is 13.4. The molecule has 0 N–H and O–H groups in total. The monoisotopic (exact) mass is 657 g/mol. The van der Waals surface area contributed by atoms with Gasteiger partial charge in [0.05, 0.1) is 32.9 Å². The molecule has 0 aliphatic carbocycles. The second-order valence-corrected chi connectivity index (χ2v) is 11.5. The first kappa shape index (κ1) is 28.0. The lowest BCUT2D eigenvalue weighted by atomic mass is 10.1. The topological polar surface area (TPSA) is 74.9 Å². The van der Waals surface area contributed by atoms with E-state index in [2.05, 4.69) is 42.5 Å². The van der Waals surface area contributed by atoms with E-state index in [-0.39, 0.29) is 18.4 Å². The molecule has 0 aromatic heterocycles. The minimum atomic E-state index is -0.0844. The zero-order chi connectivity index (χ0) is 27.2. The molecule has 3 aromatic carbocycles. The third-order valence-corrected chi connectivity index (χ3v) is 7.61. The van der Waals surface area contributed by atoms with E-state index < -0.39 is 0 Å². The van der Waals surface area contributed by atoms with Crippen molar-refractivity contribution in [2.24, 2.45) is 10.9 Å². The molecule has 1 aliphatic heterocycles. The molecular formula is C29H25ClIN3O3S. The molecule has 0 unspecified atom stereocenters. The van der Waals surface area contributed by atoms with Crippen molar-refractivity contribution in [2.45, 2.75) is 20.5 Å². The maximum Gasteiger partial charge on any atom is 0.266 e. The van der Waals surface area contributed by atoms with Gasteiger partial charge in [-0.15, -0.1) is 0 Å². The number of aliphatic imine (C=N–C) groups is 1. The first-order valence-electron chi connectivity index (χ1n) is 11.8. The SMILES string of the molecule is COc1cc(/C=C2\SC(=Nc3ccc(Cl)cc3)N(CC(C)C)C2=O)cc(I)c1OCc1ccccc1C#N. The Kier molecular flexibility index (Phi) is 9.36. The quantitative estimate of drug-likeness (QED) is 0.184. The van der Waals surface area contributed by atoms with Crippen LogP contribution in [-0.2, 0) is 11.4 Å². The van der Waals surface area contributed by atoms with Crippen molar-refractivity contribution in [1.82, 2.24) is 4.90 Å². The van der Waals surface area contributed by atoms with Crippen molar-refractivity contribution in [3.8, 4) is 17.6 Å². The lowest BCUT2D eigenvalue weighted by Crippen LogP contribution is -2.32. The Morgan fingerprint density at radius 1 is 1.18 bits per heavy atom. The fourth-order valence-electron chi connectivity index (χ4n) is 3.76. The molecule has 194 valence electrons. The van der Waals surface area contributed by atoms with E-state index in [1.54, 1.807) is 30.2 Å². The molecule has 0 bridgehead atoms. The molecule has 1 amide bonds. The predicted octanol–water partition coefficient (Wildman–Crippen LogP) is 7.66. The highest BCUT2D eigenvalue weighted by Crippen LogP contribution is 2.38. The van der Waals surface area contributed by atoms with E-state index in [0.717, 1.165) is 20.4 Å². The summed E-state index contributed by atoms with van der Waals surface area (Å²) in [6.07, 6.45) is 1.85. The maximum atomic E-state index is 13.4. The van der Waals surface area contributed by atoms with Gasteiger partial charge in [-0.05, 0) is 94.4 Å². The van der Waals surface area contributed by atoms with Crippen LogP contribution < -0.4 is 9.47 Å². The minimum absolute atomic E-state index is 0.0844. The number of thioether (sulfide) groups is 1. The number of ether oxygens (including phenoxy) is 2. The summed E-state index contributed by atoms with van der Waals surface area (Å²) in [5, 5.41) is 10.6. The fourth-order valence-corrected chi connectivity index (χ4v) is 5.68. The van der Waals surface area contributed by atoms with Gasteiger partial charge in [0.25, 0.3) is 5.91 Å². The number of carbonyl (C=O) groups is 1. The number of hydrogen-bond acceptors (Lipinski definition) is 6. The lowest BCUT2D eigenvalue weighted by molar-refractivity contribution is -0.122. The van der Waals surface area contributed by atoms with Crippen molar-refractivity contribution >= 4 is 68.8 Å². The summed E-state index contributed by atoms with van der Waals surface area (Å²) in [6.45, 7) is 4.94. The molecule has 1 saturated heterocycles. The molecule has 3 aromatic rings.